The number of nitrogens with zero attached hydrogens (tertiary/aromatic N) is 3. The van der Waals surface area contributed by atoms with Gasteiger partial charge in [-0.1, -0.05) is 31.2 Å². The highest BCUT2D eigenvalue weighted by Gasteiger charge is 2.19. The Morgan fingerprint density at radius 2 is 1.82 bits per heavy atom. The van der Waals surface area contributed by atoms with E-state index >= 15 is 0 Å². The summed E-state index contributed by atoms with van der Waals surface area (Å²) in [7, 11) is -4.46. The molecule has 0 aromatic heterocycles. The second-order valence-corrected chi connectivity index (χ2v) is 7.31. The number of aryl methyl sites for hydroxylation is 1. The van der Waals surface area contributed by atoms with Gasteiger partial charge in [0.2, 0.25) is 0 Å². The van der Waals surface area contributed by atoms with Crippen molar-refractivity contribution in [2.24, 2.45) is 10.2 Å². The number of azo groups is 1. The maximum atomic E-state index is 11.4. The van der Waals surface area contributed by atoms with Gasteiger partial charge in [0.15, 0.2) is 5.69 Å². The molecule has 0 aliphatic rings. The quantitative estimate of drug-likeness (QED) is 0.275. The van der Waals surface area contributed by atoms with Gasteiger partial charge in [-0.15, -0.1) is 10.2 Å². The average Bonchev–Trinajstić information content (AvgIpc) is 2.65. The van der Waals surface area contributed by atoms with E-state index in [-0.39, 0.29) is 33.1 Å². The molecule has 0 aliphatic carbocycles. The zero-order chi connectivity index (χ0) is 20.5. The minimum absolute atomic E-state index is 0.00619. The summed E-state index contributed by atoms with van der Waals surface area (Å²) >= 11 is 0. The maximum Gasteiger partial charge on any atom is 0.299 e. The molecule has 0 aliphatic heterocycles. The van der Waals surface area contributed by atoms with Crippen LogP contribution in [0.3, 0.4) is 0 Å². The maximum absolute atomic E-state index is 11.4. The number of fused-ring (bicyclic) bond motifs is 1. The van der Waals surface area contributed by atoms with Crippen molar-refractivity contribution in [1.82, 2.24) is 0 Å². The number of phenolic OH excluding ortho intramolecular Hbond substituents is 1. The minimum atomic E-state index is -4.46. The summed E-state index contributed by atoms with van der Waals surface area (Å²) < 4.78 is 32.1. The number of benzene rings is 3. The SMILES string of the molecule is CCc1cccc(N=Nc2c(O)ccc3ccc(S(=O)(=O)O)cc23)c1[N+](=O)[O-]. The van der Waals surface area contributed by atoms with Gasteiger partial charge >= 0.3 is 0 Å². The summed E-state index contributed by atoms with van der Waals surface area (Å²) in [4.78, 5) is 10.5. The van der Waals surface area contributed by atoms with Gasteiger partial charge in [0.05, 0.1) is 9.82 Å². The van der Waals surface area contributed by atoms with Crippen LogP contribution in [-0.2, 0) is 16.5 Å². The fraction of sp³-hybridized carbons (Fsp3) is 0.111. The summed E-state index contributed by atoms with van der Waals surface area (Å²) in [5, 5.41) is 30.2. The fourth-order valence-corrected chi connectivity index (χ4v) is 3.30. The van der Waals surface area contributed by atoms with Crippen LogP contribution >= 0.6 is 0 Å². The predicted octanol–water partition coefficient (Wildman–Crippen LogP) is 4.68. The van der Waals surface area contributed by atoms with Crippen LogP contribution < -0.4 is 0 Å². The van der Waals surface area contributed by atoms with Crippen molar-refractivity contribution in [3.63, 3.8) is 0 Å². The first-order valence-corrected chi connectivity index (χ1v) is 9.57. The van der Waals surface area contributed by atoms with Gasteiger partial charge in [-0.3, -0.25) is 14.7 Å². The first-order valence-electron chi connectivity index (χ1n) is 8.13. The van der Waals surface area contributed by atoms with E-state index in [4.69, 9.17) is 0 Å². The molecule has 0 fully saturated rings. The van der Waals surface area contributed by atoms with Crippen molar-refractivity contribution in [3.05, 3.63) is 64.2 Å². The molecule has 0 unspecified atom stereocenters. The lowest BCUT2D eigenvalue weighted by Gasteiger charge is -2.06. The van der Waals surface area contributed by atoms with Gasteiger partial charge in [0.1, 0.15) is 11.4 Å². The fourth-order valence-electron chi connectivity index (χ4n) is 2.80. The van der Waals surface area contributed by atoms with Crippen molar-refractivity contribution >= 4 is 38.0 Å². The van der Waals surface area contributed by atoms with Crippen LogP contribution in [-0.4, -0.2) is 23.0 Å². The van der Waals surface area contributed by atoms with E-state index in [0.29, 0.717) is 17.4 Å². The number of hydrogen-bond donors (Lipinski definition) is 2. The molecule has 0 heterocycles. The lowest BCUT2D eigenvalue weighted by Crippen LogP contribution is -1.97. The Kier molecular flexibility index (Phi) is 5.08. The lowest BCUT2D eigenvalue weighted by atomic mass is 10.1. The Bertz CT molecular complexity index is 1220. The zero-order valence-electron chi connectivity index (χ0n) is 14.6. The molecule has 144 valence electrons. The number of hydrogen-bond acceptors (Lipinski definition) is 7. The van der Waals surface area contributed by atoms with E-state index in [9.17, 15) is 28.2 Å². The summed E-state index contributed by atoms with van der Waals surface area (Å²) in [6.07, 6.45) is 0.427. The second-order valence-electron chi connectivity index (χ2n) is 5.89. The number of nitro groups is 1. The van der Waals surface area contributed by atoms with E-state index in [0.717, 1.165) is 6.07 Å². The monoisotopic (exact) mass is 401 g/mol. The molecule has 0 atom stereocenters. The summed E-state index contributed by atoms with van der Waals surface area (Å²) in [5.41, 5.74) is 0.232. The molecule has 0 radical (unpaired) electrons. The number of para-hydroxylation sites is 1. The number of phenols is 1. The molecule has 28 heavy (non-hydrogen) atoms. The normalized spacial score (nSPS) is 11.9. The molecular weight excluding hydrogens is 386 g/mol. The van der Waals surface area contributed by atoms with E-state index < -0.39 is 15.0 Å². The molecule has 0 spiro atoms. The topological polar surface area (TPSA) is 142 Å². The van der Waals surface area contributed by atoms with Crippen LogP contribution in [0.15, 0.2) is 63.7 Å². The zero-order valence-corrected chi connectivity index (χ0v) is 15.4. The summed E-state index contributed by atoms with van der Waals surface area (Å²) in [5.74, 6) is -0.293. The Morgan fingerprint density at radius 1 is 1.11 bits per heavy atom. The molecule has 3 aromatic carbocycles. The predicted molar refractivity (Wildman–Crippen MR) is 102 cm³/mol. The molecule has 2 N–H and O–H groups in total. The van der Waals surface area contributed by atoms with Gasteiger partial charge in [-0.2, -0.15) is 8.42 Å². The molecule has 0 bridgehead atoms. The van der Waals surface area contributed by atoms with Gasteiger partial charge in [-0.05, 0) is 36.1 Å². The van der Waals surface area contributed by atoms with E-state index in [1.165, 1.54) is 30.3 Å². The largest absolute Gasteiger partial charge is 0.506 e. The van der Waals surface area contributed by atoms with E-state index in [2.05, 4.69) is 10.2 Å². The first kappa shape index (κ1) is 19.4. The minimum Gasteiger partial charge on any atom is -0.506 e. The van der Waals surface area contributed by atoms with Crippen LogP contribution in [0.1, 0.15) is 12.5 Å². The number of aromatic hydroxyl groups is 1. The third-order valence-corrected chi connectivity index (χ3v) is 5.01. The van der Waals surface area contributed by atoms with Crippen molar-refractivity contribution in [2.75, 3.05) is 0 Å². The third kappa shape index (κ3) is 3.68. The third-order valence-electron chi connectivity index (χ3n) is 4.16. The summed E-state index contributed by atoms with van der Waals surface area (Å²) in [6, 6.07) is 11.3. The molecule has 3 aromatic rings. The molecule has 0 saturated heterocycles. The van der Waals surface area contributed by atoms with Crippen LogP contribution in [0.4, 0.5) is 17.1 Å². The van der Waals surface area contributed by atoms with Gasteiger partial charge < -0.3 is 5.11 Å². The molecule has 0 saturated carbocycles. The molecule has 0 amide bonds. The molecule has 10 heteroatoms. The average molecular weight is 401 g/mol. The Morgan fingerprint density at radius 3 is 2.46 bits per heavy atom. The Balaban J connectivity index is 2.20. The van der Waals surface area contributed by atoms with Crippen LogP contribution in [0.2, 0.25) is 0 Å². The molecular formula is C18H15N3O6S. The summed E-state index contributed by atoms with van der Waals surface area (Å²) in [6.45, 7) is 1.77. The first-order chi connectivity index (χ1) is 13.2. The van der Waals surface area contributed by atoms with Crippen LogP contribution in [0.5, 0.6) is 5.75 Å². The highest BCUT2D eigenvalue weighted by atomic mass is 32.2. The van der Waals surface area contributed by atoms with Crippen molar-refractivity contribution < 1.29 is 23.0 Å². The number of rotatable bonds is 5. The van der Waals surface area contributed by atoms with Gasteiger partial charge in [-0.25, -0.2) is 0 Å². The van der Waals surface area contributed by atoms with E-state index in [1.54, 1.807) is 19.1 Å². The second kappa shape index (κ2) is 7.33. The van der Waals surface area contributed by atoms with Gasteiger partial charge in [0, 0.05) is 10.9 Å². The standard InChI is InChI=1S/C18H15N3O6S/c1-2-11-4-3-5-15(18(11)21(23)24)19-20-17-14-10-13(28(25,26)27)8-6-12(14)7-9-16(17)22/h3-10,22H,2H2,1H3,(H,25,26,27). The lowest BCUT2D eigenvalue weighted by molar-refractivity contribution is -0.384. The van der Waals surface area contributed by atoms with E-state index in [1.807, 2.05) is 0 Å². The highest BCUT2D eigenvalue weighted by Crippen LogP contribution is 2.39. The number of nitro benzene ring substituents is 1. The highest BCUT2D eigenvalue weighted by molar-refractivity contribution is 7.85. The molecule has 3 rings (SSSR count). The smallest absolute Gasteiger partial charge is 0.299 e. The van der Waals surface area contributed by atoms with Crippen molar-refractivity contribution in [1.29, 1.82) is 0 Å². The van der Waals surface area contributed by atoms with Crippen LogP contribution in [0, 0.1) is 10.1 Å². The van der Waals surface area contributed by atoms with Gasteiger partial charge in [0.25, 0.3) is 15.8 Å². The Labute approximate surface area is 159 Å². The van der Waals surface area contributed by atoms with Crippen LogP contribution in [0.25, 0.3) is 10.8 Å². The van der Waals surface area contributed by atoms with Crippen molar-refractivity contribution in [2.45, 2.75) is 18.2 Å². The Hall–Kier alpha value is -3.37. The molecule has 9 nitrogen and oxygen atoms in total. The van der Waals surface area contributed by atoms with Crippen molar-refractivity contribution in [3.8, 4) is 5.75 Å².